The molecule has 0 saturated carbocycles. The molecule has 0 radical (unpaired) electrons. The fraction of sp³-hybridized carbons (Fsp3) is 0.231. The molecule has 19 heavy (non-hydrogen) atoms. The van der Waals surface area contributed by atoms with E-state index in [1.54, 1.807) is 13.0 Å². The highest BCUT2D eigenvalue weighted by Gasteiger charge is 2.08. The van der Waals surface area contributed by atoms with Crippen molar-refractivity contribution < 1.29 is 4.39 Å². The number of rotatable bonds is 4. The highest BCUT2D eigenvalue weighted by atomic mass is 32.2. The van der Waals surface area contributed by atoms with E-state index in [0.29, 0.717) is 23.8 Å². The summed E-state index contributed by atoms with van der Waals surface area (Å²) in [6.07, 6.45) is 0.580. The Labute approximate surface area is 114 Å². The zero-order valence-electron chi connectivity index (χ0n) is 10.4. The van der Waals surface area contributed by atoms with Crippen LogP contribution in [0, 0.1) is 12.7 Å². The summed E-state index contributed by atoms with van der Waals surface area (Å²) >= 11 is 1.30. The van der Waals surface area contributed by atoms with E-state index in [-0.39, 0.29) is 11.4 Å². The van der Waals surface area contributed by atoms with Crippen molar-refractivity contribution in [2.24, 2.45) is 5.73 Å². The second-order valence-corrected chi connectivity index (χ2v) is 5.12. The van der Waals surface area contributed by atoms with Gasteiger partial charge in [0.15, 0.2) is 5.16 Å². The molecule has 0 fully saturated rings. The van der Waals surface area contributed by atoms with Crippen molar-refractivity contribution in [3.8, 4) is 0 Å². The Balaban J connectivity index is 2.34. The normalized spacial score (nSPS) is 10.7. The maximum Gasteiger partial charge on any atom is 0.251 e. The van der Waals surface area contributed by atoms with Gasteiger partial charge in [-0.05, 0) is 43.7 Å². The van der Waals surface area contributed by atoms with Gasteiger partial charge in [0.1, 0.15) is 5.82 Å². The third-order valence-electron chi connectivity index (χ3n) is 2.49. The van der Waals surface area contributed by atoms with Crippen molar-refractivity contribution in [3.63, 3.8) is 0 Å². The van der Waals surface area contributed by atoms with Gasteiger partial charge in [-0.3, -0.25) is 4.79 Å². The zero-order chi connectivity index (χ0) is 13.8. The molecule has 1 aromatic carbocycles. The van der Waals surface area contributed by atoms with Gasteiger partial charge in [0.05, 0.1) is 0 Å². The van der Waals surface area contributed by atoms with E-state index in [2.05, 4.69) is 9.97 Å². The number of benzene rings is 1. The van der Waals surface area contributed by atoms with E-state index in [1.807, 2.05) is 0 Å². The molecule has 2 aromatic rings. The Morgan fingerprint density at radius 1 is 1.42 bits per heavy atom. The summed E-state index contributed by atoms with van der Waals surface area (Å²) in [5.74, 6) is -0.293. The molecular weight excluding hydrogens is 265 g/mol. The lowest BCUT2D eigenvalue weighted by atomic mass is 10.1. The Kier molecular flexibility index (Phi) is 4.34. The van der Waals surface area contributed by atoms with E-state index < -0.39 is 0 Å². The van der Waals surface area contributed by atoms with E-state index in [1.165, 1.54) is 30.0 Å². The number of aromatic nitrogens is 2. The van der Waals surface area contributed by atoms with Crippen molar-refractivity contribution in [1.82, 2.24) is 9.97 Å². The van der Waals surface area contributed by atoms with Crippen LogP contribution < -0.4 is 11.3 Å². The lowest BCUT2D eigenvalue weighted by Gasteiger charge is -2.08. The van der Waals surface area contributed by atoms with Gasteiger partial charge in [-0.1, -0.05) is 11.8 Å². The third-order valence-corrected chi connectivity index (χ3v) is 3.50. The van der Waals surface area contributed by atoms with Crippen LogP contribution in [0.2, 0.25) is 0 Å². The lowest BCUT2D eigenvalue weighted by molar-refractivity contribution is 0.623. The summed E-state index contributed by atoms with van der Waals surface area (Å²) in [4.78, 5) is 19.1. The number of hydrogen-bond acceptors (Lipinski definition) is 4. The molecule has 0 spiro atoms. The molecule has 0 aliphatic rings. The number of nitrogens with zero attached hydrogens (tertiary/aromatic N) is 1. The maximum absolute atomic E-state index is 13.2. The molecule has 0 unspecified atom stereocenters. The van der Waals surface area contributed by atoms with Gasteiger partial charge in [-0.25, -0.2) is 9.37 Å². The molecular formula is C13H14FN3OS. The predicted molar refractivity (Wildman–Crippen MR) is 72.9 cm³/mol. The van der Waals surface area contributed by atoms with Crippen molar-refractivity contribution in [2.75, 3.05) is 6.54 Å². The second-order valence-electron chi connectivity index (χ2n) is 4.08. The van der Waals surface area contributed by atoms with Crippen LogP contribution in [0.1, 0.15) is 11.3 Å². The number of nitrogens with one attached hydrogen (secondary N) is 1. The Morgan fingerprint density at radius 3 is 2.89 bits per heavy atom. The highest BCUT2D eigenvalue weighted by Crippen LogP contribution is 2.28. The first kappa shape index (κ1) is 13.8. The molecule has 0 aliphatic carbocycles. The van der Waals surface area contributed by atoms with Crippen LogP contribution in [0.4, 0.5) is 4.39 Å². The number of hydrogen-bond donors (Lipinski definition) is 2. The van der Waals surface area contributed by atoms with Crippen LogP contribution in [-0.4, -0.2) is 16.5 Å². The van der Waals surface area contributed by atoms with E-state index >= 15 is 0 Å². The van der Waals surface area contributed by atoms with Gasteiger partial charge in [0.25, 0.3) is 5.56 Å². The van der Waals surface area contributed by atoms with E-state index in [0.717, 1.165) is 10.5 Å². The van der Waals surface area contributed by atoms with Crippen molar-refractivity contribution in [1.29, 1.82) is 0 Å². The molecule has 0 atom stereocenters. The Hall–Kier alpha value is -1.66. The predicted octanol–water partition coefficient (Wildman–Crippen LogP) is 1.87. The smallest absolute Gasteiger partial charge is 0.251 e. The zero-order valence-corrected chi connectivity index (χ0v) is 11.3. The Morgan fingerprint density at radius 2 is 2.21 bits per heavy atom. The third kappa shape index (κ3) is 3.65. The van der Waals surface area contributed by atoms with E-state index in [9.17, 15) is 9.18 Å². The molecule has 0 amide bonds. The van der Waals surface area contributed by atoms with Crippen LogP contribution in [0.25, 0.3) is 0 Å². The van der Waals surface area contributed by atoms with Gasteiger partial charge in [-0.15, -0.1) is 0 Å². The molecule has 4 nitrogen and oxygen atoms in total. The lowest BCUT2D eigenvalue weighted by Crippen LogP contribution is -2.08. The number of halogens is 1. The topological polar surface area (TPSA) is 71.8 Å². The monoisotopic (exact) mass is 279 g/mol. The van der Waals surface area contributed by atoms with Gasteiger partial charge in [-0.2, -0.15) is 0 Å². The van der Waals surface area contributed by atoms with Crippen molar-refractivity contribution in [3.05, 3.63) is 51.7 Å². The van der Waals surface area contributed by atoms with Crippen LogP contribution in [0.5, 0.6) is 0 Å². The number of aryl methyl sites for hydroxylation is 1. The van der Waals surface area contributed by atoms with Gasteiger partial charge in [0, 0.05) is 16.7 Å². The molecule has 2 rings (SSSR count). The summed E-state index contributed by atoms with van der Waals surface area (Å²) in [5, 5.41) is 0.495. The number of nitrogens with two attached hydrogens (primary N) is 1. The van der Waals surface area contributed by atoms with E-state index in [4.69, 9.17) is 5.73 Å². The molecule has 6 heteroatoms. The first-order valence-electron chi connectivity index (χ1n) is 5.83. The van der Waals surface area contributed by atoms with Gasteiger partial charge in [0.2, 0.25) is 0 Å². The molecule has 0 aliphatic heterocycles. The summed E-state index contributed by atoms with van der Waals surface area (Å²) in [7, 11) is 0. The molecule has 0 bridgehead atoms. The molecule has 3 N–H and O–H groups in total. The molecule has 1 heterocycles. The standard InChI is InChI=1S/C13H14FN3OS/c1-8-6-12(18)17-13(16-8)19-11-3-2-10(14)7-9(11)4-5-15/h2-3,6-7H,4-5,15H2,1H3,(H,16,17,18). The summed E-state index contributed by atoms with van der Waals surface area (Å²) < 4.78 is 13.2. The highest BCUT2D eigenvalue weighted by molar-refractivity contribution is 7.99. The van der Waals surface area contributed by atoms with Crippen molar-refractivity contribution in [2.45, 2.75) is 23.4 Å². The first-order valence-corrected chi connectivity index (χ1v) is 6.64. The number of H-pyrrole nitrogens is 1. The number of aromatic amines is 1. The van der Waals surface area contributed by atoms with Crippen LogP contribution >= 0.6 is 11.8 Å². The fourth-order valence-electron chi connectivity index (χ4n) is 1.70. The SMILES string of the molecule is Cc1cc(=O)[nH]c(Sc2ccc(F)cc2CCN)n1. The quantitative estimate of drug-likeness (QED) is 0.838. The van der Waals surface area contributed by atoms with Gasteiger partial charge >= 0.3 is 0 Å². The molecule has 0 saturated heterocycles. The average molecular weight is 279 g/mol. The molecule has 1 aromatic heterocycles. The minimum Gasteiger partial charge on any atom is -0.330 e. The van der Waals surface area contributed by atoms with Crippen LogP contribution in [0.3, 0.4) is 0 Å². The maximum atomic E-state index is 13.2. The average Bonchev–Trinajstić information content (AvgIpc) is 2.32. The van der Waals surface area contributed by atoms with Crippen molar-refractivity contribution >= 4 is 11.8 Å². The largest absolute Gasteiger partial charge is 0.330 e. The second kappa shape index (κ2) is 5.99. The first-order chi connectivity index (χ1) is 9.08. The summed E-state index contributed by atoms with van der Waals surface area (Å²) in [5.41, 5.74) is 6.78. The van der Waals surface area contributed by atoms with Gasteiger partial charge < -0.3 is 10.7 Å². The fourth-order valence-corrected chi connectivity index (χ4v) is 2.68. The summed E-state index contributed by atoms with van der Waals surface area (Å²) in [6, 6.07) is 5.95. The Bertz CT molecular complexity index is 642. The minimum absolute atomic E-state index is 0.197. The minimum atomic E-state index is -0.293. The molecule has 100 valence electrons. The summed E-state index contributed by atoms with van der Waals surface area (Å²) in [6.45, 7) is 2.19. The van der Waals surface area contributed by atoms with Crippen LogP contribution in [-0.2, 0) is 6.42 Å². The van der Waals surface area contributed by atoms with Crippen LogP contribution in [0.15, 0.2) is 39.1 Å².